The fourth-order valence-corrected chi connectivity index (χ4v) is 0.391. The van der Waals surface area contributed by atoms with Crippen molar-refractivity contribution in [3.8, 4) is 6.01 Å². The van der Waals surface area contributed by atoms with Crippen molar-refractivity contribution in [3.63, 3.8) is 0 Å². The molecular formula is C9H18N2O. The normalized spacial score (nSPS) is 6.75. The van der Waals surface area contributed by atoms with Crippen molar-refractivity contribution in [3.05, 3.63) is 18.5 Å². The van der Waals surface area contributed by atoms with Crippen LogP contribution < -0.4 is 4.74 Å². The van der Waals surface area contributed by atoms with Crippen LogP contribution in [0.25, 0.3) is 0 Å². The summed E-state index contributed by atoms with van der Waals surface area (Å²) >= 11 is 0. The van der Waals surface area contributed by atoms with Crippen LogP contribution in [-0.2, 0) is 0 Å². The summed E-state index contributed by atoms with van der Waals surface area (Å²) in [6, 6.07) is 2.15. The Balaban J connectivity index is 0. The molecule has 0 radical (unpaired) electrons. The Morgan fingerprint density at radius 1 is 1.00 bits per heavy atom. The molecule has 0 aliphatic rings. The lowest BCUT2D eigenvalue weighted by Gasteiger charge is -1.90. The lowest BCUT2D eigenvalue weighted by molar-refractivity contribution is 0.379. The van der Waals surface area contributed by atoms with Gasteiger partial charge >= 0.3 is 6.01 Å². The highest BCUT2D eigenvalue weighted by Gasteiger charge is 1.84. The van der Waals surface area contributed by atoms with Crippen molar-refractivity contribution in [2.45, 2.75) is 27.7 Å². The van der Waals surface area contributed by atoms with Gasteiger partial charge in [-0.3, -0.25) is 0 Å². The first-order valence-corrected chi connectivity index (χ1v) is 4.24. The summed E-state index contributed by atoms with van der Waals surface area (Å²) in [4.78, 5) is 7.53. The zero-order valence-corrected chi connectivity index (χ0v) is 8.53. The highest BCUT2D eigenvalue weighted by molar-refractivity contribution is 4.92. The predicted molar refractivity (Wildman–Crippen MR) is 51.3 cm³/mol. The van der Waals surface area contributed by atoms with Crippen molar-refractivity contribution in [1.29, 1.82) is 0 Å². The molecule has 1 heterocycles. The Morgan fingerprint density at radius 3 is 1.67 bits per heavy atom. The number of ether oxygens (including phenoxy) is 1. The van der Waals surface area contributed by atoms with Crippen LogP contribution >= 0.6 is 0 Å². The van der Waals surface area contributed by atoms with E-state index in [2.05, 4.69) is 9.97 Å². The maximum absolute atomic E-state index is 4.69. The standard InChI is InChI=1S/C5H6N2O.2C2H6/c1-8-5-6-3-2-4-7-5;2*1-2/h2-4H,1H3;2*1-2H3. The summed E-state index contributed by atoms with van der Waals surface area (Å²) < 4.78 is 4.69. The van der Waals surface area contributed by atoms with E-state index in [1.165, 1.54) is 7.11 Å². The Hall–Kier alpha value is -1.12. The monoisotopic (exact) mass is 170 g/mol. The van der Waals surface area contributed by atoms with Crippen LogP contribution in [0, 0.1) is 0 Å². The van der Waals surface area contributed by atoms with Gasteiger partial charge in [0.05, 0.1) is 7.11 Å². The van der Waals surface area contributed by atoms with Gasteiger partial charge in [0, 0.05) is 12.4 Å². The van der Waals surface area contributed by atoms with Gasteiger partial charge in [0.15, 0.2) is 0 Å². The average molecular weight is 170 g/mol. The molecule has 3 nitrogen and oxygen atoms in total. The second-order valence-electron chi connectivity index (χ2n) is 1.24. The Kier molecular flexibility index (Phi) is 14.1. The van der Waals surface area contributed by atoms with Crippen LogP contribution in [0.2, 0.25) is 0 Å². The van der Waals surface area contributed by atoms with Crippen LogP contribution in [-0.4, -0.2) is 17.1 Å². The molecule has 0 bridgehead atoms. The molecule has 70 valence electrons. The van der Waals surface area contributed by atoms with Crippen LogP contribution in [0.15, 0.2) is 18.5 Å². The van der Waals surface area contributed by atoms with E-state index in [1.54, 1.807) is 18.5 Å². The predicted octanol–water partition coefficient (Wildman–Crippen LogP) is 2.54. The van der Waals surface area contributed by atoms with Crippen LogP contribution in [0.1, 0.15) is 27.7 Å². The Morgan fingerprint density at radius 2 is 1.42 bits per heavy atom. The smallest absolute Gasteiger partial charge is 0.315 e. The molecule has 0 N–H and O–H groups in total. The lowest BCUT2D eigenvalue weighted by atomic mass is 10.7. The molecule has 0 aliphatic carbocycles. The maximum Gasteiger partial charge on any atom is 0.315 e. The molecule has 0 aliphatic heterocycles. The van der Waals surface area contributed by atoms with Gasteiger partial charge < -0.3 is 4.74 Å². The molecule has 0 unspecified atom stereocenters. The Bertz CT molecular complexity index is 154. The molecule has 0 saturated carbocycles. The number of aromatic nitrogens is 2. The van der Waals surface area contributed by atoms with Crippen molar-refractivity contribution in [1.82, 2.24) is 9.97 Å². The summed E-state index contributed by atoms with van der Waals surface area (Å²) in [7, 11) is 1.54. The number of nitrogens with zero attached hydrogens (tertiary/aromatic N) is 2. The van der Waals surface area contributed by atoms with Crippen LogP contribution in [0.5, 0.6) is 6.01 Å². The largest absolute Gasteiger partial charge is 0.467 e. The lowest BCUT2D eigenvalue weighted by Crippen LogP contribution is -1.87. The molecule has 1 aromatic rings. The van der Waals surface area contributed by atoms with Crippen molar-refractivity contribution in [2.24, 2.45) is 0 Å². The van der Waals surface area contributed by atoms with Gasteiger partial charge in [-0.25, -0.2) is 9.97 Å². The molecule has 1 aromatic heterocycles. The molecule has 3 heteroatoms. The maximum atomic E-state index is 4.69. The SMILES string of the molecule is CC.CC.COc1ncccn1. The number of rotatable bonds is 1. The second-order valence-corrected chi connectivity index (χ2v) is 1.24. The van der Waals surface area contributed by atoms with E-state index >= 15 is 0 Å². The summed E-state index contributed by atoms with van der Waals surface area (Å²) in [5.41, 5.74) is 0. The van der Waals surface area contributed by atoms with Gasteiger partial charge in [-0.15, -0.1) is 0 Å². The van der Waals surface area contributed by atoms with Crippen LogP contribution in [0.4, 0.5) is 0 Å². The summed E-state index contributed by atoms with van der Waals surface area (Å²) in [5.74, 6) is 0. The Labute approximate surface area is 74.8 Å². The first-order chi connectivity index (χ1) is 5.93. The molecule has 0 spiro atoms. The third-order valence-electron chi connectivity index (χ3n) is 0.725. The first-order valence-electron chi connectivity index (χ1n) is 4.24. The zero-order chi connectivity index (χ0) is 9.82. The van der Waals surface area contributed by atoms with Gasteiger partial charge in [-0.1, -0.05) is 27.7 Å². The van der Waals surface area contributed by atoms with Gasteiger partial charge in [-0.2, -0.15) is 0 Å². The average Bonchev–Trinajstić information content (AvgIpc) is 2.25. The van der Waals surface area contributed by atoms with E-state index in [-0.39, 0.29) is 0 Å². The van der Waals surface area contributed by atoms with E-state index in [4.69, 9.17) is 4.74 Å². The van der Waals surface area contributed by atoms with Crippen molar-refractivity contribution in [2.75, 3.05) is 7.11 Å². The molecule has 1 rings (SSSR count). The molecule has 0 saturated heterocycles. The number of methoxy groups -OCH3 is 1. The molecular weight excluding hydrogens is 152 g/mol. The van der Waals surface area contributed by atoms with Gasteiger partial charge in [0.25, 0.3) is 0 Å². The van der Waals surface area contributed by atoms with Gasteiger partial charge in [0.2, 0.25) is 0 Å². The van der Waals surface area contributed by atoms with E-state index in [0.717, 1.165) is 0 Å². The minimum absolute atomic E-state index is 0.410. The molecule has 12 heavy (non-hydrogen) atoms. The molecule has 0 aromatic carbocycles. The van der Waals surface area contributed by atoms with Crippen LogP contribution in [0.3, 0.4) is 0 Å². The first kappa shape index (κ1) is 13.5. The topological polar surface area (TPSA) is 35.0 Å². The van der Waals surface area contributed by atoms with E-state index in [1.807, 2.05) is 27.7 Å². The molecule has 0 atom stereocenters. The zero-order valence-electron chi connectivity index (χ0n) is 8.53. The third-order valence-corrected chi connectivity index (χ3v) is 0.725. The number of hydrogen-bond acceptors (Lipinski definition) is 3. The third kappa shape index (κ3) is 6.99. The van der Waals surface area contributed by atoms with E-state index in [0.29, 0.717) is 6.01 Å². The van der Waals surface area contributed by atoms with E-state index < -0.39 is 0 Å². The van der Waals surface area contributed by atoms with Gasteiger partial charge in [-0.05, 0) is 6.07 Å². The second kappa shape index (κ2) is 12.5. The minimum Gasteiger partial charge on any atom is -0.467 e. The fraction of sp³-hybridized carbons (Fsp3) is 0.556. The minimum atomic E-state index is 0.410. The number of hydrogen-bond donors (Lipinski definition) is 0. The van der Waals surface area contributed by atoms with Gasteiger partial charge in [0.1, 0.15) is 0 Å². The quantitative estimate of drug-likeness (QED) is 0.649. The van der Waals surface area contributed by atoms with Crippen molar-refractivity contribution < 1.29 is 4.74 Å². The summed E-state index contributed by atoms with van der Waals surface area (Å²) in [5, 5.41) is 0. The fourth-order valence-electron chi connectivity index (χ4n) is 0.391. The highest BCUT2D eigenvalue weighted by Crippen LogP contribution is 1.92. The van der Waals surface area contributed by atoms with E-state index in [9.17, 15) is 0 Å². The molecule has 0 amide bonds. The summed E-state index contributed by atoms with van der Waals surface area (Å²) in [6.45, 7) is 8.00. The molecule has 0 fully saturated rings. The highest BCUT2D eigenvalue weighted by atomic mass is 16.5. The summed E-state index contributed by atoms with van der Waals surface area (Å²) in [6.07, 6.45) is 3.26. The van der Waals surface area contributed by atoms with Crippen molar-refractivity contribution >= 4 is 0 Å².